The minimum Gasteiger partial charge on any atom is -0.462 e. The highest BCUT2D eigenvalue weighted by atomic mass is 32.2. The molecule has 1 atom stereocenters. The molecule has 2 aromatic rings. The van der Waals surface area contributed by atoms with Crippen LogP contribution in [0, 0.1) is 0 Å². The third kappa shape index (κ3) is 5.15. The Morgan fingerprint density at radius 2 is 1.97 bits per heavy atom. The number of sulfonamides is 1. The summed E-state index contributed by atoms with van der Waals surface area (Å²) in [6.45, 7) is 5.61. The topological polar surface area (TPSA) is 109 Å². The lowest BCUT2D eigenvalue weighted by molar-refractivity contribution is -0.132. The number of carbonyl (C=O) groups excluding carboxylic acids is 2. The predicted molar refractivity (Wildman–Crippen MR) is 113 cm³/mol. The molecule has 0 spiro atoms. The van der Waals surface area contributed by atoms with Gasteiger partial charge in [-0.15, -0.1) is 11.3 Å². The standard InChI is InChI=1S/C19H24N4O5S2/c1-3-28-19(25)15-6-7-16(20-13-15)22-8-10-23(11-9-22)18(24)14(2)21-30(26,27)17-5-4-12-29-17/h4-7,12-14,21H,3,8-11H2,1-2H3. The van der Waals surface area contributed by atoms with E-state index in [-0.39, 0.29) is 10.1 Å². The second-order valence-corrected chi connectivity index (χ2v) is 9.60. The van der Waals surface area contributed by atoms with Gasteiger partial charge in [0.1, 0.15) is 10.0 Å². The van der Waals surface area contributed by atoms with Crippen molar-refractivity contribution in [2.45, 2.75) is 24.1 Å². The lowest BCUT2D eigenvalue weighted by Gasteiger charge is -2.36. The Kier molecular flexibility index (Phi) is 7.06. The van der Waals surface area contributed by atoms with Crippen LogP contribution in [0.4, 0.5) is 5.82 Å². The van der Waals surface area contributed by atoms with E-state index in [4.69, 9.17) is 4.74 Å². The van der Waals surface area contributed by atoms with Crippen LogP contribution >= 0.6 is 11.3 Å². The van der Waals surface area contributed by atoms with Crippen molar-refractivity contribution >= 4 is 39.1 Å². The highest BCUT2D eigenvalue weighted by Crippen LogP contribution is 2.17. The van der Waals surface area contributed by atoms with Crippen LogP contribution in [-0.4, -0.2) is 69.0 Å². The van der Waals surface area contributed by atoms with Crippen LogP contribution < -0.4 is 9.62 Å². The van der Waals surface area contributed by atoms with Gasteiger partial charge < -0.3 is 14.5 Å². The van der Waals surface area contributed by atoms with Crippen molar-refractivity contribution in [3.8, 4) is 0 Å². The van der Waals surface area contributed by atoms with E-state index in [0.717, 1.165) is 11.3 Å². The molecule has 9 nitrogen and oxygen atoms in total. The Bertz CT molecular complexity index is 969. The number of ether oxygens (including phenoxy) is 1. The van der Waals surface area contributed by atoms with Crippen molar-refractivity contribution in [1.29, 1.82) is 0 Å². The monoisotopic (exact) mass is 452 g/mol. The van der Waals surface area contributed by atoms with Crippen molar-refractivity contribution in [3.05, 3.63) is 41.4 Å². The number of piperazine rings is 1. The minimum atomic E-state index is -3.71. The number of pyridine rings is 1. The highest BCUT2D eigenvalue weighted by molar-refractivity contribution is 7.91. The van der Waals surface area contributed by atoms with Crippen molar-refractivity contribution < 1.29 is 22.7 Å². The Hall–Kier alpha value is -2.50. The third-order valence-electron chi connectivity index (χ3n) is 4.64. The van der Waals surface area contributed by atoms with E-state index in [1.807, 2.05) is 4.90 Å². The van der Waals surface area contributed by atoms with Crippen LogP contribution in [0.3, 0.4) is 0 Å². The van der Waals surface area contributed by atoms with Gasteiger partial charge in [-0.05, 0) is 37.4 Å². The molecule has 1 aliphatic heterocycles. The van der Waals surface area contributed by atoms with Crippen LogP contribution in [0.15, 0.2) is 40.1 Å². The molecule has 0 saturated carbocycles. The summed E-state index contributed by atoms with van der Waals surface area (Å²) in [5, 5.41) is 1.67. The maximum Gasteiger partial charge on any atom is 0.339 e. The quantitative estimate of drug-likeness (QED) is 0.632. The van der Waals surface area contributed by atoms with Gasteiger partial charge in [-0.25, -0.2) is 18.2 Å². The summed E-state index contributed by atoms with van der Waals surface area (Å²) in [6.07, 6.45) is 1.48. The van der Waals surface area contributed by atoms with Crippen LogP contribution in [-0.2, 0) is 19.6 Å². The number of aromatic nitrogens is 1. The van der Waals surface area contributed by atoms with Gasteiger partial charge in [-0.3, -0.25) is 4.79 Å². The van der Waals surface area contributed by atoms with Gasteiger partial charge in [-0.1, -0.05) is 6.07 Å². The fourth-order valence-electron chi connectivity index (χ4n) is 3.10. The average molecular weight is 453 g/mol. The summed E-state index contributed by atoms with van der Waals surface area (Å²) in [6, 6.07) is 5.72. The van der Waals surface area contributed by atoms with Gasteiger partial charge in [0.25, 0.3) is 10.0 Å². The molecule has 1 saturated heterocycles. The SMILES string of the molecule is CCOC(=O)c1ccc(N2CCN(C(=O)C(C)NS(=O)(=O)c3cccs3)CC2)nc1. The first kappa shape index (κ1) is 22.2. The fraction of sp³-hybridized carbons (Fsp3) is 0.421. The summed E-state index contributed by atoms with van der Waals surface area (Å²) in [5.74, 6) is 0.0351. The van der Waals surface area contributed by atoms with E-state index in [0.29, 0.717) is 44.2 Å². The van der Waals surface area contributed by atoms with E-state index in [1.54, 1.807) is 42.3 Å². The molecule has 3 rings (SSSR count). The number of nitrogens with zero attached hydrogens (tertiary/aromatic N) is 3. The predicted octanol–water partition coefficient (Wildman–Crippen LogP) is 1.34. The molecule has 1 amide bonds. The first-order chi connectivity index (χ1) is 14.3. The number of nitrogens with one attached hydrogen (secondary N) is 1. The number of rotatable bonds is 7. The number of hydrogen-bond acceptors (Lipinski definition) is 8. The number of anilines is 1. The second kappa shape index (κ2) is 9.54. The molecule has 162 valence electrons. The summed E-state index contributed by atoms with van der Waals surface area (Å²) in [7, 11) is -3.71. The molecule has 0 aromatic carbocycles. The number of hydrogen-bond donors (Lipinski definition) is 1. The third-order valence-corrected chi connectivity index (χ3v) is 7.57. The number of carbonyl (C=O) groups is 2. The highest BCUT2D eigenvalue weighted by Gasteiger charge is 2.29. The molecular weight excluding hydrogens is 428 g/mol. The summed E-state index contributed by atoms with van der Waals surface area (Å²) in [5.41, 5.74) is 0.390. The zero-order chi connectivity index (χ0) is 21.7. The summed E-state index contributed by atoms with van der Waals surface area (Å²) < 4.78 is 32.2. The lowest BCUT2D eigenvalue weighted by Crippen LogP contribution is -2.54. The van der Waals surface area contributed by atoms with Gasteiger partial charge in [0.05, 0.1) is 18.2 Å². The van der Waals surface area contributed by atoms with Gasteiger partial charge >= 0.3 is 5.97 Å². The molecule has 1 N–H and O–H groups in total. The first-order valence-corrected chi connectivity index (χ1v) is 11.9. The van der Waals surface area contributed by atoms with Gasteiger partial charge in [0.15, 0.2) is 0 Å². The zero-order valence-electron chi connectivity index (χ0n) is 16.8. The molecule has 11 heteroatoms. The van der Waals surface area contributed by atoms with Gasteiger partial charge in [0, 0.05) is 32.4 Å². The van der Waals surface area contributed by atoms with E-state index in [1.165, 1.54) is 12.3 Å². The Balaban J connectivity index is 1.54. The fourth-order valence-corrected chi connectivity index (χ4v) is 5.30. The van der Waals surface area contributed by atoms with Crippen molar-refractivity contribution in [1.82, 2.24) is 14.6 Å². The van der Waals surface area contributed by atoms with Crippen LogP contribution in [0.25, 0.3) is 0 Å². The number of esters is 1. The maximum atomic E-state index is 12.7. The van der Waals surface area contributed by atoms with Crippen LogP contribution in [0.2, 0.25) is 0 Å². The molecule has 1 fully saturated rings. The molecule has 2 aromatic heterocycles. The molecule has 0 radical (unpaired) electrons. The van der Waals surface area contributed by atoms with Crippen molar-refractivity contribution in [2.75, 3.05) is 37.7 Å². The molecule has 30 heavy (non-hydrogen) atoms. The first-order valence-electron chi connectivity index (χ1n) is 9.54. The number of thiophene rings is 1. The number of amides is 1. The van der Waals surface area contributed by atoms with Crippen LogP contribution in [0.1, 0.15) is 24.2 Å². The molecule has 1 aliphatic rings. The van der Waals surface area contributed by atoms with E-state index in [2.05, 4.69) is 9.71 Å². The van der Waals surface area contributed by atoms with Gasteiger partial charge in [-0.2, -0.15) is 4.72 Å². The molecule has 0 bridgehead atoms. The Labute approximate surface area is 179 Å². The zero-order valence-corrected chi connectivity index (χ0v) is 18.4. The van der Waals surface area contributed by atoms with Crippen LogP contribution in [0.5, 0.6) is 0 Å². The lowest BCUT2D eigenvalue weighted by atomic mass is 10.2. The Morgan fingerprint density at radius 3 is 2.53 bits per heavy atom. The van der Waals surface area contributed by atoms with E-state index < -0.39 is 22.0 Å². The second-order valence-electron chi connectivity index (χ2n) is 6.71. The van der Waals surface area contributed by atoms with E-state index in [9.17, 15) is 18.0 Å². The van der Waals surface area contributed by atoms with Crippen molar-refractivity contribution in [2.24, 2.45) is 0 Å². The summed E-state index contributed by atoms with van der Waals surface area (Å²) >= 11 is 1.10. The molecule has 0 aliphatic carbocycles. The average Bonchev–Trinajstić information content (AvgIpc) is 3.29. The molecule has 3 heterocycles. The van der Waals surface area contributed by atoms with Gasteiger partial charge in [0.2, 0.25) is 5.91 Å². The summed E-state index contributed by atoms with van der Waals surface area (Å²) in [4.78, 5) is 32.4. The normalized spacial score (nSPS) is 15.7. The molecular formula is C19H24N4O5S2. The molecule has 1 unspecified atom stereocenters. The Morgan fingerprint density at radius 1 is 1.23 bits per heavy atom. The van der Waals surface area contributed by atoms with Crippen molar-refractivity contribution in [3.63, 3.8) is 0 Å². The minimum absolute atomic E-state index is 0.185. The smallest absolute Gasteiger partial charge is 0.339 e. The maximum absolute atomic E-state index is 12.7. The van der Waals surface area contributed by atoms with E-state index >= 15 is 0 Å². The largest absolute Gasteiger partial charge is 0.462 e.